The lowest BCUT2D eigenvalue weighted by Crippen LogP contribution is -2.75. The van der Waals surface area contributed by atoms with Crippen LogP contribution in [0.15, 0.2) is 30.6 Å². The molecule has 26 heavy (non-hydrogen) atoms. The standard InChI is InChI=1S/C18H26N4O2.2ClH/c1-4-24-14-11-18(19,17(14,2)3)16(23)20-9-8-13-12-22-10-6-5-7-15(22)21-13;;/h5-7,10,12,14H,4,8-9,11,19H2,1-3H3,(H,20,23);2*1H. The molecule has 0 bridgehead atoms. The van der Waals surface area contributed by atoms with E-state index in [2.05, 4.69) is 10.3 Å². The van der Waals surface area contributed by atoms with Gasteiger partial charge in [-0.05, 0) is 19.1 Å². The molecule has 8 heteroatoms. The van der Waals surface area contributed by atoms with Crippen molar-refractivity contribution in [3.05, 3.63) is 36.3 Å². The number of rotatable bonds is 6. The van der Waals surface area contributed by atoms with Crippen molar-refractivity contribution in [3.8, 4) is 0 Å². The average Bonchev–Trinajstić information content (AvgIpc) is 2.97. The van der Waals surface area contributed by atoms with Crippen molar-refractivity contribution in [2.75, 3.05) is 13.2 Å². The minimum Gasteiger partial charge on any atom is -0.378 e. The van der Waals surface area contributed by atoms with Crippen molar-refractivity contribution in [2.45, 2.75) is 45.3 Å². The fourth-order valence-electron chi connectivity index (χ4n) is 3.39. The number of hydrogen-bond donors (Lipinski definition) is 2. The number of carbonyl (C=O) groups excluding carboxylic acids is 1. The molecule has 1 aliphatic carbocycles. The molecule has 1 fully saturated rings. The lowest BCUT2D eigenvalue weighted by Gasteiger charge is -2.57. The molecule has 2 unspecified atom stereocenters. The van der Waals surface area contributed by atoms with E-state index in [1.807, 2.05) is 55.8 Å². The zero-order valence-electron chi connectivity index (χ0n) is 15.4. The van der Waals surface area contributed by atoms with Gasteiger partial charge < -0.3 is 20.2 Å². The van der Waals surface area contributed by atoms with Crippen LogP contribution in [0.2, 0.25) is 0 Å². The van der Waals surface area contributed by atoms with E-state index < -0.39 is 5.54 Å². The highest BCUT2D eigenvalue weighted by Gasteiger charge is 2.62. The first-order chi connectivity index (χ1) is 11.4. The summed E-state index contributed by atoms with van der Waals surface area (Å²) in [5.41, 5.74) is 7.00. The number of imidazole rings is 1. The number of nitrogens with two attached hydrogens (primary N) is 1. The fraction of sp³-hybridized carbons (Fsp3) is 0.556. The molecule has 1 saturated carbocycles. The van der Waals surface area contributed by atoms with Crippen LogP contribution in [0.4, 0.5) is 0 Å². The molecule has 2 atom stereocenters. The lowest BCUT2D eigenvalue weighted by atomic mass is 9.54. The number of carbonyl (C=O) groups is 1. The summed E-state index contributed by atoms with van der Waals surface area (Å²) in [6.07, 6.45) is 5.23. The summed E-state index contributed by atoms with van der Waals surface area (Å²) in [5, 5.41) is 2.97. The Morgan fingerprint density at radius 1 is 1.42 bits per heavy atom. The van der Waals surface area contributed by atoms with Crippen LogP contribution < -0.4 is 11.1 Å². The van der Waals surface area contributed by atoms with E-state index in [0.717, 1.165) is 11.3 Å². The molecule has 1 aliphatic rings. The summed E-state index contributed by atoms with van der Waals surface area (Å²) in [6, 6.07) is 5.88. The van der Waals surface area contributed by atoms with Crippen LogP contribution in [0.25, 0.3) is 5.65 Å². The molecular formula is C18H28Cl2N4O2. The van der Waals surface area contributed by atoms with E-state index in [0.29, 0.717) is 26.0 Å². The largest absolute Gasteiger partial charge is 0.378 e. The van der Waals surface area contributed by atoms with Crippen molar-refractivity contribution in [3.63, 3.8) is 0 Å². The first kappa shape index (κ1) is 22.7. The summed E-state index contributed by atoms with van der Waals surface area (Å²) in [5.74, 6) is -0.104. The summed E-state index contributed by atoms with van der Waals surface area (Å²) in [4.78, 5) is 17.1. The maximum atomic E-state index is 12.6. The van der Waals surface area contributed by atoms with E-state index in [1.54, 1.807) is 0 Å². The number of halogens is 2. The number of fused-ring (bicyclic) bond motifs is 1. The Morgan fingerprint density at radius 2 is 2.15 bits per heavy atom. The van der Waals surface area contributed by atoms with Crippen LogP contribution >= 0.6 is 24.8 Å². The molecule has 0 aliphatic heterocycles. The molecule has 1 amide bonds. The van der Waals surface area contributed by atoms with Gasteiger partial charge >= 0.3 is 0 Å². The Morgan fingerprint density at radius 3 is 2.77 bits per heavy atom. The van der Waals surface area contributed by atoms with E-state index in [4.69, 9.17) is 10.5 Å². The highest BCUT2D eigenvalue weighted by molar-refractivity contribution is 5.88. The molecule has 2 aromatic heterocycles. The van der Waals surface area contributed by atoms with Gasteiger partial charge in [-0.2, -0.15) is 0 Å². The second-order valence-electron chi connectivity index (χ2n) is 7.05. The normalized spacial score (nSPS) is 23.5. The van der Waals surface area contributed by atoms with Crippen LogP contribution in [0.1, 0.15) is 32.9 Å². The van der Waals surface area contributed by atoms with E-state index in [1.165, 1.54) is 0 Å². The molecule has 146 valence electrons. The van der Waals surface area contributed by atoms with Gasteiger partial charge in [0.25, 0.3) is 0 Å². The summed E-state index contributed by atoms with van der Waals surface area (Å²) in [7, 11) is 0. The Kier molecular flexibility index (Phi) is 7.48. The molecule has 3 N–H and O–H groups in total. The minimum absolute atomic E-state index is 0. The van der Waals surface area contributed by atoms with Gasteiger partial charge in [-0.25, -0.2) is 4.98 Å². The monoisotopic (exact) mass is 402 g/mol. The second kappa shape index (κ2) is 8.57. The van der Waals surface area contributed by atoms with Gasteiger partial charge in [-0.1, -0.05) is 19.9 Å². The van der Waals surface area contributed by atoms with Gasteiger partial charge in [0, 0.05) is 43.8 Å². The van der Waals surface area contributed by atoms with Crippen LogP contribution in [-0.4, -0.2) is 40.1 Å². The predicted molar refractivity (Wildman–Crippen MR) is 107 cm³/mol. The van der Waals surface area contributed by atoms with Crippen LogP contribution in [0, 0.1) is 5.41 Å². The maximum Gasteiger partial charge on any atom is 0.240 e. The predicted octanol–water partition coefficient (Wildman–Crippen LogP) is 2.37. The molecule has 0 spiro atoms. The smallest absolute Gasteiger partial charge is 0.240 e. The summed E-state index contributed by atoms with van der Waals surface area (Å²) in [6.45, 7) is 7.12. The molecule has 0 aromatic carbocycles. The molecular weight excluding hydrogens is 375 g/mol. The van der Waals surface area contributed by atoms with Crippen molar-refractivity contribution >= 4 is 36.4 Å². The number of nitrogens with zero attached hydrogens (tertiary/aromatic N) is 2. The molecule has 2 heterocycles. The van der Waals surface area contributed by atoms with Crippen molar-refractivity contribution in [1.82, 2.24) is 14.7 Å². The molecule has 0 radical (unpaired) electrons. The third-order valence-corrected chi connectivity index (χ3v) is 5.32. The number of ether oxygens (including phenoxy) is 1. The number of aromatic nitrogens is 2. The zero-order chi connectivity index (χ0) is 17.4. The quantitative estimate of drug-likeness (QED) is 0.776. The molecule has 3 rings (SSSR count). The SMILES string of the molecule is CCOC1CC(N)(C(=O)NCCc2cn3ccccc3n2)C1(C)C.Cl.Cl. The summed E-state index contributed by atoms with van der Waals surface area (Å²) < 4.78 is 7.65. The third-order valence-electron chi connectivity index (χ3n) is 5.32. The van der Waals surface area contributed by atoms with Gasteiger partial charge in [0.05, 0.1) is 11.8 Å². The molecule has 6 nitrogen and oxygen atoms in total. The number of pyridine rings is 1. The number of amides is 1. The van der Waals surface area contributed by atoms with Crippen LogP contribution in [0.5, 0.6) is 0 Å². The third kappa shape index (κ3) is 3.83. The van der Waals surface area contributed by atoms with Crippen molar-refractivity contribution in [2.24, 2.45) is 11.1 Å². The van der Waals surface area contributed by atoms with E-state index in [-0.39, 0.29) is 42.2 Å². The van der Waals surface area contributed by atoms with Crippen LogP contribution in [-0.2, 0) is 16.0 Å². The maximum absolute atomic E-state index is 12.6. The van der Waals surface area contributed by atoms with Crippen molar-refractivity contribution in [1.29, 1.82) is 0 Å². The van der Waals surface area contributed by atoms with Crippen LogP contribution in [0.3, 0.4) is 0 Å². The highest BCUT2D eigenvalue weighted by atomic mass is 35.5. The first-order valence-electron chi connectivity index (χ1n) is 8.50. The Labute approximate surface area is 166 Å². The number of nitrogens with one attached hydrogen (secondary N) is 1. The van der Waals surface area contributed by atoms with Gasteiger partial charge in [-0.3, -0.25) is 4.79 Å². The Balaban J connectivity index is 0.00000169. The van der Waals surface area contributed by atoms with E-state index in [9.17, 15) is 4.79 Å². The van der Waals surface area contributed by atoms with Gasteiger partial charge in [-0.15, -0.1) is 24.8 Å². The lowest BCUT2D eigenvalue weighted by molar-refractivity contribution is -0.170. The van der Waals surface area contributed by atoms with Crippen molar-refractivity contribution < 1.29 is 9.53 Å². The Hall–Kier alpha value is -1.34. The van der Waals surface area contributed by atoms with Gasteiger partial charge in [0.15, 0.2) is 0 Å². The topological polar surface area (TPSA) is 81.6 Å². The Bertz CT molecular complexity index is 717. The molecule has 2 aromatic rings. The van der Waals surface area contributed by atoms with Gasteiger partial charge in [0.1, 0.15) is 11.2 Å². The highest BCUT2D eigenvalue weighted by Crippen LogP contribution is 2.49. The van der Waals surface area contributed by atoms with E-state index >= 15 is 0 Å². The second-order valence-corrected chi connectivity index (χ2v) is 7.05. The first-order valence-corrected chi connectivity index (χ1v) is 8.50. The summed E-state index contributed by atoms with van der Waals surface area (Å²) >= 11 is 0. The fourth-order valence-corrected chi connectivity index (χ4v) is 3.39. The zero-order valence-corrected chi connectivity index (χ0v) is 17.0. The molecule has 0 saturated heterocycles. The average molecular weight is 403 g/mol. The number of hydrogen-bond acceptors (Lipinski definition) is 4. The minimum atomic E-state index is -0.869. The van der Waals surface area contributed by atoms with Gasteiger partial charge in [0.2, 0.25) is 5.91 Å².